The summed E-state index contributed by atoms with van der Waals surface area (Å²) in [4.78, 5) is 193. The van der Waals surface area contributed by atoms with Gasteiger partial charge in [-0.2, -0.15) is 14.9 Å². The molecule has 6 heterocycles. The summed E-state index contributed by atoms with van der Waals surface area (Å²) in [5, 5.41) is 90.5. The molecule has 12 aromatic rings. The number of aromatic nitrogens is 6. The van der Waals surface area contributed by atoms with Crippen LogP contribution in [0.15, 0.2) is 233 Å². The smallest absolute Gasteiger partial charge is 0.373 e. The number of hydrogen-bond acceptors (Lipinski definition) is 25. The molecule has 0 radical (unpaired) electrons. The summed E-state index contributed by atoms with van der Waals surface area (Å²) in [7, 11) is -3.57. The van der Waals surface area contributed by atoms with E-state index in [0.29, 0.717) is 50.2 Å². The molecule has 39 heteroatoms. The van der Waals surface area contributed by atoms with Crippen LogP contribution < -0.4 is 21.4 Å². The first-order chi connectivity index (χ1) is 59.5. The van der Waals surface area contributed by atoms with Gasteiger partial charge in [0, 0.05) is 112 Å². The number of rotatable bonds is 28. The number of benzene rings is 6. The number of aromatic amines is 1. The van der Waals surface area contributed by atoms with Crippen LogP contribution in [0, 0.1) is 11.3 Å². The molecule has 644 valence electrons. The Morgan fingerprint density at radius 3 is 1.59 bits per heavy atom. The largest absolute Gasteiger partial charge is 0.505 e. The van der Waals surface area contributed by atoms with E-state index in [1.54, 1.807) is 97.5 Å². The van der Waals surface area contributed by atoms with Gasteiger partial charge < -0.3 is 61.8 Å². The van der Waals surface area contributed by atoms with Crippen LogP contribution in [0.25, 0.3) is 54.6 Å². The number of carboxylic acid groups (broad SMARTS) is 7. The van der Waals surface area contributed by atoms with Gasteiger partial charge in [-0.15, -0.1) is 0 Å². The lowest BCUT2D eigenvalue weighted by Crippen LogP contribution is -2.30. The fourth-order valence-corrected chi connectivity index (χ4v) is 11.8. The Labute approximate surface area is 721 Å². The van der Waals surface area contributed by atoms with Gasteiger partial charge in [0.15, 0.2) is 27.1 Å². The molecule has 12 N–H and O–H groups in total. The summed E-state index contributed by atoms with van der Waals surface area (Å²) in [6.45, 7) is -0.719. The number of nitrogens with one attached hydrogen (secondary N) is 4. The van der Waals surface area contributed by atoms with Crippen LogP contribution in [-0.4, -0.2) is 181 Å². The highest BCUT2D eigenvalue weighted by molar-refractivity contribution is 9.10. The standard InChI is InChI=1S/C16H15NO4.C14H13NO3.C12H9ClN2O4.C11H6N2O3.C11H8N2O2.C11H13NO5S.C10H10BrNO3.CO2/c18-14(7-8-15(19)20)10-17-16(21)13-6-5-11-3-1-2-4-12(11)9-13;16-13(5-6-14(17)18)8-12-7-10-3-1-2-4-11(10)9-15-12;13-11-7-4-2-1-3-6(7)10(18)9(15-11)12(19)14-5-8(16)17;12-4-6-1-2-7-9(3-6)13-5-8(10(7)14)11(15)16;14-11(15)8-4-6-13-10(7-8)9-3-1-2-5-12-9;13-10(6-7-11(14)15)12-8-18(16,17)9-4-2-1-3-5-9;11-7-1-2-8(12-6-7)5-9(13)3-4-10(14)15;2-1-3/h1-6,9H,7-8,10H2,(H,17,21)(H,19,20);1-4,7,9H,5-6,8H2,(H,17,18);1-4,18H,5H2,(H,14,19)(H,16,17);1-3,5H,(H,13,14)(H,15,16);1-7H,(H,14,15);1-5H,6-8H2,(H,12,13)(H,14,15);1-2,6H,3-5H2,(H,14,15);. The molecule has 3 amide bonds. The number of carbonyl (C=O) groups excluding carboxylic acids is 8. The zero-order valence-electron chi connectivity index (χ0n) is 65.3. The third-order valence-electron chi connectivity index (χ3n) is 16.3. The van der Waals surface area contributed by atoms with Crippen LogP contribution in [-0.2, 0) is 75.4 Å². The average Bonchev–Trinajstić information content (AvgIpc) is 0.813. The van der Waals surface area contributed by atoms with E-state index in [4.69, 9.17) is 62.2 Å². The first kappa shape index (κ1) is 99.7. The van der Waals surface area contributed by atoms with E-state index in [-0.39, 0.29) is 138 Å². The summed E-state index contributed by atoms with van der Waals surface area (Å²) < 4.78 is 24.3. The van der Waals surface area contributed by atoms with Gasteiger partial charge in [-0.1, -0.05) is 115 Å². The molecule has 0 aliphatic rings. The molecule has 0 saturated carbocycles. The van der Waals surface area contributed by atoms with Crippen molar-refractivity contribution >= 4 is 164 Å². The first-order valence-corrected chi connectivity index (χ1v) is 39.2. The number of Topliss-reactive ketones (excluding diaryl/α,β-unsaturated/α-hetero) is 3. The van der Waals surface area contributed by atoms with E-state index in [1.165, 1.54) is 48.7 Å². The lowest BCUT2D eigenvalue weighted by atomic mass is 10.1. The SMILES string of the molecule is N#Cc1ccc2c(=O)c(C(=O)O)c[nH]c2c1.O=C(O)CCC(=O)CNC(=O)c1ccc2ccccc2c1.O=C(O)CCC(=O)Cc1cc2ccccc2cn1.O=C(O)CCC(=O)Cc1ccc(Br)cn1.O=C(O)CCC(=O)NCS(=O)(=O)c1ccccc1.O=C(O)CNC(=O)c1nc(Cl)c2ccccc2c1O.O=C(O)c1ccnc(-c2ccccn2)c1.O=C=O. The third-order valence-corrected chi connectivity index (χ3v) is 18.6. The molecule has 0 fully saturated rings. The quantitative estimate of drug-likeness (QED) is 0.0203. The molecule has 36 nitrogen and oxygen atoms in total. The zero-order chi connectivity index (χ0) is 92.1. The number of nitrogens with zero attached hydrogens (tertiary/aromatic N) is 6. The van der Waals surface area contributed by atoms with Gasteiger partial charge in [0.2, 0.25) is 11.3 Å². The normalized spacial score (nSPS) is 10.1. The number of carbonyl (C=O) groups is 13. The number of carboxylic acids is 7. The monoisotopic (exact) mass is 1810 g/mol. The second-order valence-electron chi connectivity index (χ2n) is 25.4. The third kappa shape index (κ3) is 35.6. The molecule has 6 aromatic carbocycles. The lowest BCUT2D eigenvalue weighted by Gasteiger charge is -2.08. The maximum atomic E-state index is 12.0. The van der Waals surface area contributed by atoms with Gasteiger partial charge in [-0.25, -0.2) is 23.0 Å². The number of halogens is 2. The summed E-state index contributed by atoms with van der Waals surface area (Å²) in [6, 6.07) is 55.2. The molecule has 0 atom stereocenters. The van der Waals surface area contributed by atoms with Crippen LogP contribution in [0.1, 0.15) is 110 Å². The van der Waals surface area contributed by atoms with Crippen molar-refractivity contribution in [2.75, 3.05) is 19.0 Å². The van der Waals surface area contributed by atoms with Crippen LogP contribution in [0.4, 0.5) is 0 Å². The maximum absolute atomic E-state index is 12.0. The Morgan fingerprint density at radius 2 is 1.02 bits per heavy atom. The van der Waals surface area contributed by atoms with Gasteiger partial charge in [0.25, 0.3) is 11.8 Å². The van der Waals surface area contributed by atoms with Gasteiger partial charge in [-0.05, 0) is 117 Å². The minimum atomic E-state index is -3.57. The van der Waals surface area contributed by atoms with Gasteiger partial charge in [0.05, 0.1) is 71.2 Å². The van der Waals surface area contributed by atoms with E-state index in [9.17, 15) is 80.6 Å². The van der Waals surface area contributed by atoms with Crippen molar-refractivity contribution < 1.29 is 121 Å². The number of aliphatic carboxylic acids is 5. The van der Waals surface area contributed by atoms with Crippen molar-refractivity contribution in [3.05, 3.63) is 278 Å². The highest BCUT2D eigenvalue weighted by Gasteiger charge is 2.21. The Hall–Kier alpha value is -15.8. The molecular formula is C86H74BrClN10O26S. The molecule has 0 unspecified atom stereocenters. The number of pyridine rings is 6. The van der Waals surface area contributed by atoms with E-state index in [0.717, 1.165) is 32.2 Å². The van der Waals surface area contributed by atoms with Crippen LogP contribution in [0.3, 0.4) is 0 Å². The minimum Gasteiger partial charge on any atom is -0.505 e. The Morgan fingerprint density at radius 1 is 0.472 bits per heavy atom. The molecule has 0 spiro atoms. The van der Waals surface area contributed by atoms with Crippen molar-refractivity contribution in [2.45, 2.75) is 69.1 Å². The summed E-state index contributed by atoms with van der Waals surface area (Å²) in [5.41, 5.74) is 2.97. The number of aromatic hydroxyl groups is 1. The van der Waals surface area contributed by atoms with Crippen molar-refractivity contribution in [1.82, 2.24) is 45.9 Å². The summed E-state index contributed by atoms with van der Waals surface area (Å²) in [6.07, 6.45) is 7.26. The zero-order valence-corrected chi connectivity index (χ0v) is 68.4. The fraction of sp³-hybridized carbons (Fsp3) is 0.151. The molecule has 12 rings (SSSR count). The number of H-pyrrole nitrogens is 1. The highest BCUT2D eigenvalue weighted by atomic mass is 79.9. The second kappa shape index (κ2) is 51.6. The predicted octanol–water partition coefficient (Wildman–Crippen LogP) is 10.2. The van der Waals surface area contributed by atoms with Crippen molar-refractivity contribution in [1.29, 1.82) is 5.26 Å². The molecule has 125 heavy (non-hydrogen) atoms. The van der Waals surface area contributed by atoms with E-state index in [1.807, 2.05) is 72.8 Å². The first-order valence-electron chi connectivity index (χ1n) is 36.4. The van der Waals surface area contributed by atoms with E-state index < -0.39 is 81.3 Å². The number of hydrogen-bond donors (Lipinski definition) is 12. The van der Waals surface area contributed by atoms with Crippen LogP contribution >= 0.6 is 27.5 Å². The Kier molecular flexibility index (Phi) is 41.2. The van der Waals surface area contributed by atoms with Crippen LogP contribution in [0.5, 0.6) is 5.75 Å². The van der Waals surface area contributed by atoms with Gasteiger partial charge in [-0.3, -0.25) is 77.5 Å². The summed E-state index contributed by atoms with van der Waals surface area (Å²) >= 11 is 9.16. The fourth-order valence-electron chi connectivity index (χ4n) is 10.2. The molecule has 6 aromatic heterocycles. The molecular weight excluding hydrogens is 1740 g/mol. The highest BCUT2D eigenvalue weighted by Crippen LogP contribution is 2.32. The minimum absolute atomic E-state index is 0.0594. The molecule has 0 aliphatic carbocycles. The molecule has 0 saturated heterocycles. The topological polar surface area (TPSA) is 609 Å². The van der Waals surface area contributed by atoms with E-state index >= 15 is 0 Å². The lowest BCUT2D eigenvalue weighted by molar-refractivity contribution is -0.192. The average molecular weight is 1810 g/mol. The number of nitriles is 1. The number of aromatic carboxylic acids is 2. The van der Waals surface area contributed by atoms with Crippen LogP contribution in [0.2, 0.25) is 5.15 Å². The predicted molar refractivity (Wildman–Crippen MR) is 451 cm³/mol. The Bertz CT molecular complexity index is 6180. The van der Waals surface area contributed by atoms with E-state index in [2.05, 4.69) is 61.8 Å². The van der Waals surface area contributed by atoms with Gasteiger partial charge >= 0.3 is 47.9 Å². The number of sulfone groups is 1. The number of fused-ring (bicyclic) bond motifs is 4. The molecule has 0 bridgehead atoms. The molecule has 0 aliphatic heterocycles. The van der Waals surface area contributed by atoms with Gasteiger partial charge in [0.1, 0.15) is 34.7 Å². The second-order valence-corrected chi connectivity index (χ2v) is 28.7. The van der Waals surface area contributed by atoms with Crippen molar-refractivity contribution in [2.24, 2.45) is 0 Å². The Balaban J connectivity index is 0.000000258. The number of ketones is 3. The van der Waals surface area contributed by atoms with Crippen molar-refractivity contribution in [3.8, 4) is 23.2 Å². The maximum Gasteiger partial charge on any atom is 0.373 e. The number of amides is 3. The summed E-state index contributed by atoms with van der Waals surface area (Å²) in [5.74, 6) is -10.6. The van der Waals surface area contributed by atoms with Crippen molar-refractivity contribution in [3.63, 3.8) is 0 Å².